The van der Waals surface area contributed by atoms with Crippen molar-refractivity contribution in [1.82, 2.24) is 9.80 Å². The molecule has 32 heavy (non-hydrogen) atoms. The van der Waals surface area contributed by atoms with Crippen LogP contribution in [0.1, 0.15) is 36.0 Å². The summed E-state index contributed by atoms with van der Waals surface area (Å²) in [5.74, 6) is -1.72. The summed E-state index contributed by atoms with van der Waals surface area (Å²) in [6, 6.07) is 9.61. The molecule has 1 aliphatic heterocycles. The van der Waals surface area contributed by atoms with Crippen LogP contribution in [0, 0.1) is 17.6 Å². The molecule has 0 spiro atoms. The van der Waals surface area contributed by atoms with Crippen LogP contribution in [0.5, 0.6) is 0 Å². The maximum Gasteiger partial charge on any atom is 0.254 e. The zero-order valence-electron chi connectivity index (χ0n) is 17.7. The molecule has 1 heterocycles. The van der Waals surface area contributed by atoms with E-state index >= 15 is 0 Å². The molecule has 1 unspecified atom stereocenters. The van der Waals surface area contributed by atoms with Gasteiger partial charge in [0.1, 0.15) is 11.6 Å². The molecule has 2 amide bonds. The summed E-state index contributed by atoms with van der Waals surface area (Å²) in [4.78, 5) is 29.7. The predicted octanol–water partition coefficient (Wildman–Crippen LogP) is 4.57. The van der Waals surface area contributed by atoms with Gasteiger partial charge in [0.25, 0.3) is 5.91 Å². The standard InChI is InChI=1S/C24H26ClF2N3O2/c25-18-5-7-21(8-6-18)28-23(31)22(16-3-1-2-4-16)29-9-11-30(12-10-29)24(32)17-13-19(26)15-20(27)14-17/h5-8,13-16,22H,1-4,9-12H2,(H,28,31). The number of anilines is 1. The van der Waals surface area contributed by atoms with Crippen LogP contribution in [-0.2, 0) is 4.79 Å². The van der Waals surface area contributed by atoms with Crippen LogP contribution >= 0.6 is 11.6 Å². The number of hydrogen-bond donors (Lipinski definition) is 1. The smallest absolute Gasteiger partial charge is 0.254 e. The van der Waals surface area contributed by atoms with E-state index in [0.717, 1.165) is 43.9 Å². The van der Waals surface area contributed by atoms with Crippen molar-refractivity contribution in [2.24, 2.45) is 5.92 Å². The number of hydrogen-bond acceptors (Lipinski definition) is 3. The highest BCUT2D eigenvalue weighted by Gasteiger charge is 2.37. The number of carbonyl (C=O) groups is 2. The van der Waals surface area contributed by atoms with Crippen molar-refractivity contribution >= 4 is 29.1 Å². The molecule has 1 saturated heterocycles. The fraction of sp³-hybridized carbons (Fsp3) is 0.417. The summed E-state index contributed by atoms with van der Waals surface area (Å²) in [7, 11) is 0. The molecule has 1 saturated carbocycles. The number of halogens is 3. The third kappa shape index (κ3) is 5.27. The van der Waals surface area contributed by atoms with Gasteiger partial charge in [0.15, 0.2) is 0 Å². The summed E-state index contributed by atoms with van der Waals surface area (Å²) < 4.78 is 27.0. The van der Waals surface area contributed by atoms with Gasteiger partial charge in [-0.05, 0) is 55.2 Å². The topological polar surface area (TPSA) is 52.7 Å². The van der Waals surface area contributed by atoms with E-state index < -0.39 is 17.5 Å². The van der Waals surface area contributed by atoms with E-state index in [4.69, 9.17) is 11.6 Å². The van der Waals surface area contributed by atoms with E-state index in [-0.39, 0.29) is 23.4 Å². The van der Waals surface area contributed by atoms with E-state index in [0.29, 0.717) is 36.9 Å². The second kappa shape index (κ2) is 9.96. The predicted molar refractivity (Wildman–Crippen MR) is 120 cm³/mol. The molecule has 4 rings (SSSR count). The fourth-order valence-corrected chi connectivity index (χ4v) is 4.89. The second-order valence-electron chi connectivity index (χ2n) is 8.47. The minimum absolute atomic E-state index is 0.00349. The van der Waals surface area contributed by atoms with Gasteiger partial charge in [-0.25, -0.2) is 8.78 Å². The Morgan fingerprint density at radius 3 is 2.12 bits per heavy atom. The molecule has 0 aromatic heterocycles. The molecular weight excluding hydrogens is 436 g/mol. The average molecular weight is 462 g/mol. The van der Waals surface area contributed by atoms with Gasteiger partial charge in [-0.1, -0.05) is 24.4 Å². The zero-order valence-corrected chi connectivity index (χ0v) is 18.5. The van der Waals surface area contributed by atoms with Gasteiger partial charge in [-0.2, -0.15) is 0 Å². The molecule has 1 aliphatic carbocycles. The molecule has 170 valence electrons. The number of piperazine rings is 1. The van der Waals surface area contributed by atoms with Crippen molar-refractivity contribution in [2.75, 3.05) is 31.5 Å². The Morgan fingerprint density at radius 1 is 0.938 bits per heavy atom. The molecule has 1 N–H and O–H groups in total. The van der Waals surface area contributed by atoms with Crippen LogP contribution in [0.25, 0.3) is 0 Å². The fourth-order valence-electron chi connectivity index (χ4n) is 4.76. The van der Waals surface area contributed by atoms with Gasteiger partial charge >= 0.3 is 0 Å². The van der Waals surface area contributed by atoms with Gasteiger partial charge in [0.05, 0.1) is 6.04 Å². The van der Waals surface area contributed by atoms with E-state index in [1.165, 1.54) is 0 Å². The quantitative estimate of drug-likeness (QED) is 0.709. The Morgan fingerprint density at radius 2 is 1.53 bits per heavy atom. The lowest BCUT2D eigenvalue weighted by Gasteiger charge is -2.40. The number of carbonyl (C=O) groups excluding carboxylic acids is 2. The lowest BCUT2D eigenvalue weighted by atomic mass is 9.94. The molecule has 1 atom stereocenters. The van der Waals surface area contributed by atoms with Gasteiger partial charge < -0.3 is 10.2 Å². The summed E-state index contributed by atoms with van der Waals surface area (Å²) in [5.41, 5.74) is 0.702. The van der Waals surface area contributed by atoms with Crippen molar-refractivity contribution in [3.8, 4) is 0 Å². The van der Waals surface area contributed by atoms with Gasteiger partial charge in [-0.15, -0.1) is 0 Å². The summed E-state index contributed by atoms with van der Waals surface area (Å²) in [6.07, 6.45) is 4.22. The normalized spacial score (nSPS) is 18.5. The lowest BCUT2D eigenvalue weighted by Crippen LogP contribution is -2.56. The number of benzene rings is 2. The Labute approximate surface area is 191 Å². The van der Waals surface area contributed by atoms with Crippen molar-refractivity contribution in [3.05, 3.63) is 64.7 Å². The molecule has 5 nitrogen and oxygen atoms in total. The largest absolute Gasteiger partial charge is 0.336 e. The molecule has 0 radical (unpaired) electrons. The third-order valence-electron chi connectivity index (χ3n) is 6.33. The third-order valence-corrected chi connectivity index (χ3v) is 6.58. The minimum Gasteiger partial charge on any atom is -0.336 e. The first-order valence-corrected chi connectivity index (χ1v) is 11.3. The van der Waals surface area contributed by atoms with E-state index in [2.05, 4.69) is 10.2 Å². The van der Waals surface area contributed by atoms with E-state index in [1.807, 2.05) is 0 Å². The van der Waals surface area contributed by atoms with Crippen molar-refractivity contribution < 1.29 is 18.4 Å². The molecule has 2 aliphatic rings. The van der Waals surface area contributed by atoms with E-state index in [1.54, 1.807) is 29.2 Å². The number of nitrogens with zero attached hydrogens (tertiary/aromatic N) is 2. The van der Waals surface area contributed by atoms with Gasteiger partial charge in [0, 0.05) is 48.5 Å². The number of nitrogens with one attached hydrogen (secondary N) is 1. The molecule has 0 bridgehead atoms. The summed E-state index contributed by atoms with van der Waals surface area (Å²) in [5, 5.41) is 3.62. The van der Waals surface area contributed by atoms with Crippen LogP contribution in [0.2, 0.25) is 5.02 Å². The molecule has 2 aromatic carbocycles. The molecule has 2 fully saturated rings. The van der Waals surface area contributed by atoms with Crippen LogP contribution < -0.4 is 5.32 Å². The lowest BCUT2D eigenvalue weighted by molar-refractivity contribution is -0.123. The highest BCUT2D eigenvalue weighted by atomic mass is 35.5. The SMILES string of the molecule is O=C(Nc1ccc(Cl)cc1)C(C1CCCC1)N1CCN(C(=O)c2cc(F)cc(F)c2)CC1. The first kappa shape index (κ1) is 22.7. The molecule has 8 heteroatoms. The van der Waals surface area contributed by atoms with Crippen LogP contribution in [0.3, 0.4) is 0 Å². The van der Waals surface area contributed by atoms with Gasteiger partial charge in [-0.3, -0.25) is 14.5 Å². The Bertz CT molecular complexity index is 951. The van der Waals surface area contributed by atoms with Crippen LogP contribution in [0.4, 0.5) is 14.5 Å². The number of amides is 2. The Hall–Kier alpha value is -2.51. The average Bonchev–Trinajstić information content (AvgIpc) is 3.29. The molecule has 2 aromatic rings. The maximum absolute atomic E-state index is 13.5. The van der Waals surface area contributed by atoms with E-state index in [9.17, 15) is 18.4 Å². The number of rotatable bonds is 5. The maximum atomic E-state index is 13.5. The van der Waals surface area contributed by atoms with Crippen molar-refractivity contribution in [1.29, 1.82) is 0 Å². The summed E-state index contributed by atoms with van der Waals surface area (Å²) >= 11 is 5.94. The highest BCUT2D eigenvalue weighted by Crippen LogP contribution is 2.32. The zero-order chi connectivity index (χ0) is 22.7. The second-order valence-corrected chi connectivity index (χ2v) is 8.91. The van der Waals surface area contributed by atoms with Crippen molar-refractivity contribution in [2.45, 2.75) is 31.7 Å². The molecular formula is C24H26ClF2N3O2. The Kier molecular flexibility index (Phi) is 7.06. The summed E-state index contributed by atoms with van der Waals surface area (Å²) in [6.45, 7) is 1.85. The van der Waals surface area contributed by atoms with Gasteiger partial charge in [0.2, 0.25) is 5.91 Å². The Balaban J connectivity index is 1.43. The first-order chi connectivity index (χ1) is 15.4. The highest BCUT2D eigenvalue weighted by molar-refractivity contribution is 6.30. The van der Waals surface area contributed by atoms with Crippen molar-refractivity contribution in [3.63, 3.8) is 0 Å². The monoisotopic (exact) mass is 461 g/mol. The minimum atomic E-state index is -0.771. The van der Waals surface area contributed by atoms with Crippen LogP contribution in [-0.4, -0.2) is 53.8 Å². The van der Waals surface area contributed by atoms with Crippen LogP contribution in [0.15, 0.2) is 42.5 Å². The first-order valence-electron chi connectivity index (χ1n) is 11.0.